The molecule has 0 aromatic carbocycles. The molecule has 1 spiro atoms. The Bertz CT molecular complexity index is 421. The van der Waals surface area contributed by atoms with E-state index in [0.717, 1.165) is 25.1 Å². The van der Waals surface area contributed by atoms with Crippen molar-refractivity contribution in [3.63, 3.8) is 0 Å². The second-order valence-corrected chi connectivity index (χ2v) is 6.63. The summed E-state index contributed by atoms with van der Waals surface area (Å²) in [7, 11) is 0. The van der Waals surface area contributed by atoms with Gasteiger partial charge in [-0.1, -0.05) is 24.5 Å². The Morgan fingerprint density at radius 2 is 2.21 bits per heavy atom. The van der Waals surface area contributed by atoms with Crippen LogP contribution in [0.5, 0.6) is 0 Å². The van der Waals surface area contributed by atoms with Gasteiger partial charge in [-0.05, 0) is 32.6 Å². The largest absolute Gasteiger partial charge is 0.375 e. The molecule has 0 radical (unpaired) electrons. The quantitative estimate of drug-likeness (QED) is 0.778. The molecule has 5 heteroatoms. The molecule has 1 aliphatic carbocycles. The molecular weight excluding hydrogens is 262 g/mol. The lowest BCUT2D eigenvalue weighted by atomic mass is 9.78. The third-order valence-electron chi connectivity index (χ3n) is 4.54. The van der Waals surface area contributed by atoms with E-state index >= 15 is 0 Å². The van der Waals surface area contributed by atoms with Gasteiger partial charge in [0, 0.05) is 6.61 Å². The molecule has 2 fully saturated rings. The second-order valence-electron chi connectivity index (χ2n) is 5.98. The summed E-state index contributed by atoms with van der Waals surface area (Å²) in [5.41, 5.74) is 0.978. The lowest BCUT2D eigenvalue weighted by molar-refractivity contribution is -0.115. The minimum atomic E-state index is -0.0720. The number of rotatable bonds is 2. The molecule has 19 heavy (non-hydrogen) atoms. The highest BCUT2D eigenvalue weighted by atomic mass is 35.5. The molecule has 2 aliphatic rings. The summed E-state index contributed by atoms with van der Waals surface area (Å²) >= 11 is 6.06. The van der Waals surface area contributed by atoms with Crippen LogP contribution in [0.1, 0.15) is 69.0 Å². The van der Waals surface area contributed by atoms with Gasteiger partial charge in [-0.25, -0.2) is 4.68 Å². The van der Waals surface area contributed by atoms with Crippen LogP contribution in [0.4, 0.5) is 0 Å². The monoisotopic (exact) mass is 283 g/mol. The predicted octanol–water partition coefficient (Wildman–Crippen LogP) is 3.63. The van der Waals surface area contributed by atoms with Crippen molar-refractivity contribution in [3.8, 4) is 0 Å². The summed E-state index contributed by atoms with van der Waals surface area (Å²) in [5.74, 6) is 0. The minimum Gasteiger partial charge on any atom is -0.375 e. The SMILES string of the molecule is CC(Cl)c1cn(C2CCOC3(CCCCC3)C2)nn1. The zero-order valence-electron chi connectivity index (χ0n) is 11.5. The van der Waals surface area contributed by atoms with Crippen molar-refractivity contribution < 1.29 is 4.74 Å². The first-order chi connectivity index (χ1) is 9.19. The predicted molar refractivity (Wildman–Crippen MR) is 74.3 cm³/mol. The average Bonchev–Trinajstić information content (AvgIpc) is 2.89. The molecule has 2 heterocycles. The average molecular weight is 284 g/mol. The molecule has 1 aromatic rings. The zero-order valence-corrected chi connectivity index (χ0v) is 12.3. The van der Waals surface area contributed by atoms with Gasteiger partial charge < -0.3 is 4.74 Å². The van der Waals surface area contributed by atoms with Crippen LogP contribution in [-0.4, -0.2) is 27.2 Å². The molecule has 3 rings (SSSR count). The van der Waals surface area contributed by atoms with Crippen LogP contribution in [0.2, 0.25) is 0 Å². The molecule has 2 atom stereocenters. The number of hydrogen-bond acceptors (Lipinski definition) is 3. The number of alkyl halides is 1. The van der Waals surface area contributed by atoms with Gasteiger partial charge in [0.05, 0.1) is 23.2 Å². The van der Waals surface area contributed by atoms with E-state index in [1.807, 2.05) is 17.8 Å². The number of aromatic nitrogens is 3. The maximum atomic E-state index is 6.12. The first-order valence-electron chi connectivity index (χ1n) is 7.38. The van der Waals surface area contributed by atoms with Crippen molar-refractivity contribution >= 4 is 11.6 Å². The topological polar surface area (TPSA) is 39.9 Å². The zero-order chi connectivity index (χ0) is 13.3. The number of halogens is 1. The van der Waals surface area contributed by atoms with Crippen molar-refractivity contribution in [2.75, 3.05) is 6.61 Å². The van der Waals surface area contributed by atoms with Gasteiger partial charge in [0.2, 0.25) is 0 Å². The van der Waals surface area contributed by atoms with Gasteiger partial charge in [0.1, 0.15) is 5.69 Å². The summed E-state index contributed by atoms with van der Waals surface area (Å²) in [4.78, 5) is 0. The molecule has 0 N–H and O–H groups in total. The molecule has 106 valence electrons. The molecule has 1 aliphatic heterocycles. The van der Waals surface area contributed by atoms with Crippen LogP contribution >= 0.6 is 11.6 Å². The van der Waals surface area contributed by atoms with Gasteiger partial charge in [0.15, 0.2) is 0 Å². The number of ether oxygens (including phenoxy) is 1. The lowest BCUT2D eigenvalue weighted by Crippen LogP contribution is -2.42. The van der Waals surface area contributed by atoms with Gasteiger partial charge in [-0.3, -0.25) is 0 Å². The molecule has 2 unspecified atom stereocenters. The fourth-order valence-corrected chi connectivity index (χ4v) is 3.52. The smallest absolute Gasteiger partial charge is 0.100 e. The molecule has 1 aromatic heterocycles. The minimum absolute atomic E-state index is 0.0720. The van der Waals surface area contributed by atoms with E-state index in [4.69, 9.17) is 16.3 Å². The third kappa shape index (κ3) is 2.79. The second kappa shape index (κ2) is 5.41. The van der Waals surface area contributed by atoms with E-state index in [9.17, 15) is 0 Å². The van der Waals surface area contributed by atoms with E-state index in [-0.39, 0.29) is 11.0 Å². The summed E-state index contributed by atoms with van der Waals surface area (Å²) in [6, 6.07) is 0.420. The van der Waals surface area contributed by atoms with E-state index in [0.29, 0.717) is 6.04 Å². The summed E-state index contributed by atoms with van der Waals surface area (Å²) < 4.78 is 8.13. The third-order valence-corrected chi connectivity index (χ3v) is 4.77. The first-order valence-corrected chi connectivity index (χ1v) is 7.82. The molecule has 0 bridgehead atoms. The Labute approximate surface area is 119 Å². The van der Waals surface area contributed by atoms with Crippen molar-refractivity contribution in [1.29, 1.82) is 0 Å². The Hall–Kier alpha value is -0.610. The van der Waals surface area contributed by atoms with Crippen molar-refractivity contribution in [3.05, 3.63) is 11.9 Å². The number of nitrogens with zero attached hydrogens (tertiary/aromatic N) is 3. The van der Waals surface area contributed by atoms with E-state index in [2.05, 4.69) is 10.3 Å². The van der Waals surface area contributed by atoms with E-state index in [1.54, 1.807) is 0 Å². The molecule has 4 nitrogen and oxygen atoms in total. The first kappa shape index (κ1) is 13.4. The number of hydrogen-bond donors (Lipinski definition) is 0. The summed E-state index contributed by atoms with van der Waals surface area (Å²) in [5, 5.41) is 8.36. The molecule has 1 saturated heterocycles. The fraction of sp³-hybridized carbons (Fsp3) is 0.857. The van der Waals surface area contributed by atoms with E-state index in [1.165, 1.54) is 32.1 Å². The van der Waals surface area contributed by atoms with Crippen LogP contribution < -0.4 is 0 Å². The highest BCUT2D eigenvalue weighted by Gasteiger charge is 2.39. The Balaban J connectivity index is 1.73. The van der Waals surface area contributed by atoms with Crippen LogP contribution in [-0.2, 0) is 4.74 Å². The normalized spacial score (nSPS) is 28.4. The highest BCUT2D eigenvalue weighted by Crippen LogP contribution is 2.42. The maximum absolute atomic E-state index is 6.12. The Kier molecular flexibility index (Phi) is 3.81. The van der Waals surface area contributed by atoms with Gasteiger partial charge in [-0.15, -0.1) is 16.7 Å². The summed E-state index contributed by atoms with van der Waals surface area (Å²) in [6.45, 7) is 2.78. The van der Waals surface area contributed by atoms with Crippen molar-refractivity contribution in [2.24, 2.45) is 0 Å². The molecule has 1 saturated carbocycles. The highest BCUT2D eigenvalue weighted by molar-refractivity contribution is 6.20. The van der Waals surface area contributed by atoms with Crippen LogP contribution in [0.15, 0.2) is 6.20 Å². The Morgan fingerprint density at radius 1 is 1.42 bits per heavy atom. The lowest BCUT2D eigenvalue weighted by Gasteiger charge is -2.43. The van der Waals surface area contributed by atoms with Crippen molar-refractivity contribution in [1.82, 2.24) is 15.0 Å². The van der Waals surface area contributed by atoms with Crippen molar-refractivity contribution in [2.45, 2.75) is 68.9 Å². The standard InChI is InChI=1S/C14H22ClN3O/c1-11(15)13-10-18(17-16-13)12-5-8-19-14(9-12)6-3-2-4-7-14/h10-12H,2-9H2,1H3. The van der Waals surface area contributed by atoms with Crippen LogP contribution in [0.3, 0.4) is 0 Å². The Morgan fingerprint density at radius 3 is 2.89 bits per heavy atom. The molecular formula is C14H22ClN3O. The van der Waals surface area contributed by atoms with Gasteiger partial charge >= 0.3 is 0 Å². The van der Waals surface area contributed by atoms with Gasteiger partial charge in [-0.2, -0.15) is 0 Å². The van der Waals surface area contributed by atoms with Gasteiger partial charge in [0.25, 0.3) is 0 Å². The maximum Gasteiger partial charge on any atom is 0.100 e. The van der Waals surface area contributed by atoms with Crippen LogP contribution in [0.25, 0.3) is 0 Å². The fourth-order valence-electron chi connectivity index (χ4n) is 3.42. The molecule has 0 amide bonds. The summed E-state index contributed by atoms with van der Waals surface area (Å²) in [6.07, 6.45) is 10.5. The van der Waals surface area contributed by atoms with E-state index < -0.39 is 0 Å². The van der Waals surface area contributed by atoms with Crippen LogP contribution in [0, 0.1) is 0 Å².